The molecule has 0 spiro atoms. The van der Waals surface area contributed by atoms with Gasteiger partial charge in [-0.15, -0.1) is 0 Å². The molecule has 0 aromatic carbocycles. The van der Waals surface area contributed by atoms with Gasteiger partial charge in [-0.2, -0.15) is 0 Å². The van der Waals surface area contributed by atoms with Crippen LogP contribution in [0.3, 0.4) is 0 Å². The predicted octanol–water partition coefficient (Wildman–Crippen LogP) is 2.64. The normalized spacial score (nSPS) is 33.8. The Balaban J connectivity index is 0.00000200. The maximum atomic E-state index is 13.6. The molecule has 0 aromatic rings. The number of ether oxygens (including phenoxy) is 1. The molecule has 1 aliphatic heterocycles. The van der Waals surface area contributed by atoms with Crippen LogP contribution in [0.15, 0.2) is 0 Å². The molecule has 0 amide bonds. The lowest BCUT2D eigenvalue weighted by molar-refractivity contribution is -0.140. The van der Waals surface area contributed by atoms with Crippen LogP contribution < -0.4 is 5.73 Å². The van der Waals surface area contributed by atoms with Gasteiger partial charge < -0.3 is 15.4 Å². The van der Waals surface area contributed by atoms with Gasteiger partial charge in [0.25, 0.3) is 5.92 Å². The Hall–Kier alpha value is -0.260. The van der Waals surface area contributed by atoms with Gasteiger partial charge in [0, 0.05) is 27.0 Å². The monoisotopic (exact) mass is 278 g/mol. The minimum Gasteiger partial charge on any atom is -0.373 e. The van der Waals surface area contributed by atoms with Crippen molar-refractivity contribution in [2.24, 2.45) is 5.73 Å². The lowest BCUT2D eigenvalue weighted by atomic mass is 9.89. The Morgan fingerprint density at radius 2 is 1.89 bits per heavy atom. The first-order chi connectivity index (χ1) is 8.90. The number of nitrogens with zero attached hydrogens (tertiary/aromatic N) is 1. The fraction of sp³-hybridized carbons (Fsp3) is 1.00. The molecular formula is C14H28F2N2O. The average Bonchev–Trinajstić information content (AvgIpc) is 2.35. The highest BCUT2D eigenvalue weighted by atomic mass is 19.3. The summed E-state index contributed by atoms with van der Waals surface area (Å²) in [4.78, 5) is 2.40. The van der Waals surface area contributed by atoms with E-state index in [1.54, 1.807) is 0 Å². The molecule has 0 aromatic heterocycles. The van der Waals surface area contributed by atoms with Crippen LogP contribution in [0.1, 0.15) is 47.4 Å². The molecule has 0 bridgehead atoms. The summed E-state index contributed by atoms with van der Waals surface area (Å²) in [5.74, 6) is -2.76. The summed E-state index contributed by atoms with van der Waals surface area (Å²) < 4.78 is 33.0. The van der Waals surface area contributed by atoms with Gasteiger partial charge >= 0.3 is 0 Å². The summed E-state index contributed by atoms with van der Waals surface area (Å²) >= 11 is 0. The lowest BCUT2D eigenvalue weighted by Crippen LogP contribution is -2.54. The van der Waals surface area contributed by atoms with Gasteiger partial charge in [-0.05, 0) is 39.5 Å². The molecular weight excluding hydrogens is 250 g/mol. The number of hydrogen-bond acceptors (Lipinski definition) is 3. The van der Waals surface area contributed by atoms with Gasteiger partial charge in [-0.1, -0.05) is 0 Å². The third-order valence-corrected chi connectivity index (χ3v) is 4.46. The van der Waals surface area contributed by atoms with E-state index in [0.29, 0.717) is 18.9 Å². The smallest absolute Gasteiger partial charge is 0.265 e. The van der Waals surface area contributed by atoms with Crippen LogP contribution in [-0.4, -0.2) is 48.2 Å². The number of halogens is 2. The second-order valence-electron chi connectivity index (χ2n) is 6.18. The quantitative estimate of drug-likeness (QED) is 0.862. The molecule has 0 radical (unpaired) electrons. The van der Waals surface area contributed by atoms with Crippen LogP contribution in [0, 0.1) is 0 Å². The molecule has 114 valence electrons. The third-order valence-electron chi connectivity index (χ3n) is 4.46. The van der Waals surface area contributed by atoms with Crippen LogP contribution in [0.25, 0.3) is 0 Å². The Morgan fingerprint density at radius 1 is 1.26 bits per heavy atom. The first-order valence-corrected chi connectivity index (χ1v) is 7.43. The van der Waals surface area contributed by atoms with Crippen molar-refractivity contribution in [3.05, 3.63) is 0 Å². The number of likely N-dealkylation sites (tertiary alicyclic amines) is 1. The predicted molar refractivity (Wildman–Crippen MR) is 73.5 cm³/mol. The zero-order valence-corrected chi connectivity index (χ0v) is 11.9. The highest BCUT2D eigenvalue weighted by Crippen LogP contribution is 2.35. The highest BCUT2D eigenvalue weighted by molar-refractivity contribution is 4.92. The Bertz CT molecular complexity index is 297. The third kappa shape index (κ3) is 3.64. The number of alkyl halides is 2. The Morgan fingerprint density at radius 3 is 2.47 bits per heavy atom. The summed E-state index contributed by atoms with van der Waals surface area (Å²) in [7, 11) is 0. The van der Waals surface area contributed by atoms with E-state index in [2.05, 4.69) is 18.7 Å². The molecule has 2 fully saturated rings. The van der Waals surface area contributed by atoms with Gasteiger partial charge in [-0.3, -0.25) is 0 Å². The Kier molecular flexibility index (Phi) is 4.79. The van der Waals surface area contributed by atoms with Crippen molar-refractivity contribution in [1.29, 1.82) is 0 Å². The van der Waals surface area contributed by atoms with E-state index in [9.17, 15) is 8.78 Å². The molecule has 0 unspecified atom stereocenters. The Labute approximate surface area is 116 Å². The van der Waals surface area contributed by atoms with E-state index in [4.69, 9.17) is 10.5 Å². The molecule has 2 N–H and O–H groups in total. The fourth-order valence-electron chi connectivity index (χ4n) is 3.09. The topological polar surface area (TPSA) is 38.5 Å². The van der Waals surface area contributed by atoms with E-state index >= 15 is 0 Å². The first-order valence-electron chi connectivity index (χ1n) is 7.43. The fourth-order valence-corrected chi connectivity index (χ4v) is 3.09. The summed E-state index contributed by atoms with van der Waals surface area (Å²) in [5, 5.41) is 0. The van der Waals surface area contributed by atoms with Crippen molar-refractivity contribution < 1.29 is 14.9 Å². The number of rotatable bonds is 3. The summed E-state index contributed by atoms with van der Waals surface area (Å²) in [6.45, 7) is 6.33. The van der Waals surface area contributed by atoms with Crippen LogP contribution in [-0.2, 0) is 4.74 Å². The summed E-state index contributed by atoms with van der Waals surface area (Å²) in [6, 6.07) is -0.591. The van der Waals surface area contributed by atoms with Gasteiger partial charge in [0.1, 0.15) is 0 Å². The number of hydrogen-bond donors (Lipinski definition) is 1. The average molecular weight is 278 g/mol. The van der Waals surface area contributed by atoms with Gasteiger partial charge in [0.05, 0.1) is 18.2 Å². The molecule has 1 heterocycles. The van der Waals surface area contributed by atoms with Crippen molar-refractivity contribution >= 4 is 0 Å². The largest absolute Gasteiger partial charge is 0.373 e. The zero-order valence-electron chi connectivity index (χ0n) is 11.9. The van der Waals surface area contributed by atoms with E-state index in [-0.39, 0.29) is 14.0 Å². The molecule has 19 heavy (non-hydrogen) atoms. The van der Waals surface area contributed by atoms with Crippen molar-refractivity contribution in [1.82, 2.24) is 4.90 Å². The van der Waals surface area contributed by atoms with E-state index < -0.39 is 18.1 Å². The van der Waals surface area contributed by atoms with Crippen molar-refractivity contribution in [2.45, 2.75) is 76.2 Å². The molecule has 1 aliphatic carbocycles. The van der Waals surface area contributed by atoms with Gasteiger partial charge in [0.2, 0.25) is 0 Å². The van der Waals surface area contributed by atoms with E-state index in [0.717, 1.165) is 25.9 Å². The second kappa shape index (κ2) is 6.02. The van der Waals surface area contributed by atoms with Crippen LogP contribution >= 0.6 is 0 Å². The lowest BCUT2D eigenvalue weighted by Gasteiger charge is -2.40. The van der Waals surface area contributed by atoms with Gasteiger partial charge in [-0.25, -0.2) is 8.78 Å². The minimum absolute atomic E-state index is 0. The maximum absolute atomic E-state index is 13.6. The first kappa shape index (κ1) is 15.1. The van der Waals surface area contributed by atoms with Crippen molar-refractivity contribution in [3.63, 3.8) is 0 Å². The van der Waals surface area contributed by atoms with E-state index in [1.807, 2.05) is 0 Å². The van der Waals surface area contributed by atoms with Crippen molar-refractivity contribution in [3.8, 4) is 0 Å². The maximum Gasteiger partial charge on any atom is 0.265 e. The number of piperidine rings is 1. The van der Waals surface area contributed by atoms with Crippen molar-refractivity contribution in [2.75, 3.05) is 13.1 Å². The molecule has 1 saturated carbocycles. The molecule has 3 nitrogen and oxygen atoms in total. The van der Waals surface area contributed by atoms with Crippen LogP contribution in [0.5, 0.6) is 0 Å². The van der Waals surface area contributed by atoms with Crippen LogP contribution in [0.2, 0.25) is 0 Å². The molecule has 1 saturated heterocycles. The zero-order chi connectivity index (χ0) is 14.0. The molecule has 5 heteroatoms. The molecule has 2 aliphatic rings. The van der Waals surface area contributed by atoms with E-state index in [1.165, 1.54) is 0 Å². The summed E-state index contributed by atoms with van der Waals surface area (Å²) in [6.07, 6.45) is 2.55. The number of nitrogens with two attached hydrogens (primary N) is 1. The molecule has 2 rings (SSSR count). The SMILES string of the molecule is CC(C)N1CCC(O[C@H]2CCCC(F)(F)[C@@H]2N)CC1.[HH]. The molecule has 2 atom stereocenters. The standard InChI is InChI=1S/C14H26F2N2O.H2/c1-10(2)18-8-5-11(6-9-18)19-12-4-3-7-14(15,16)13(12)17;/h10-13H,3-9,17H2,1-2H3;1H/t12-,13+;/m0./s1. The second-order valence-corrected chi connectivity index (χ2v) is 6.18. The highest BCUT2D eigenvalue weighted by Gasteiger charge is 2.46. The van der Waals surface area contributed by atoms with Gasteiger partial charge in [0.15, 0.2) is 0 Å². The van der Waals surface area contributed by atoms with Crippen LogP contribution in [0.4, 0.5) is 8.78 Å². The minimum atomic E-state index is -2.76. The summed E-state index contributed by atoms with van der Waals surface area (Å²) in [5.41, 5.74) is 5.66.